The smallest absolute Gasteiger partial charge is 0.254 e. The van der Waals surface area contributed by atoms with Gasteiger partial charge in [-0.3, -0.25) is 4.79 Å². The zero-order chi connectivity index (χ0) is 15.3. The molecule has 0 fully saturated rings. The molecule has 112 valence electrons. The highest BCUT2D eigenvalue weighted by atomic mass is 19.1. The molecule has 0 heterocycles. The highest BCUT2D eigenvalue weighted by molar-refractivity contribution is 5.94. The monoisotopic (exact) mass is 281 g/mol. The molecule has 0 radical (unpaired) electrons. The van der Waals surface area contributed by atoms with E-state index < -0.39 is 17.3 Å². The normalized spacial score (nSPS) is 14.2. The summed E-state index contributed by atoms with van der Waals surface area (Å²) in [7, 11) is 0. The van der Waals surface area contributed by atoms with E-state index in [1.54, 1.807) is 19.9 Å². The third-order valence-electron chi connectivity index (χ3n) is 3.26. The van der Waals surface area contributed by atoms with Crippen LogP contribution in [-0.4, -0.2) is 23.2 Å². The molecule has 0 bridgehead atoms. The number of halogens is 1. The Bertz CT molecular complexity index is 470. The van der Waals surface area contributed by atoms with Crippen LogP contribution in [0.3, 0.4) is 0 Å². The van der Waals surface area contributed by atoms with Crippen LogP contribution < -0.4 is 5.32 Å². The highest BCUT2D eigenvalue weighted by Crippen LogP contribution is 2.16. The number of aryl methyl sites for hydroxylation is 1. The zero-order valence-corrected chi connectivity index (χ0v) is 12.7. The molecule has 1 amide bonds. The molecular formula is C16H24FNO2. The molecule has 1 atom stereocenters. The lowest BCUT2D eigenvalue weighted by atomic mass is 9.95. The SMILES string of the molecule is Cc1ccc(C(=O)NCC(C)(O)CCC(C)C)c(F)c1. The predicted octanol–water partition coefficient (Wildman–Crippen LogP) is 3.05. The van der Waals surface area contributed by atoms with E-state index in [1.807, 2.05) is 0 Å². The fourth-order valence-electron chi connectivity index (χ4n) is 1.86. The first-order valence-electron chi connectivity index (χ1n) is 6.98. The molecule has 0 aliphatic rings. The van der Waals surface area contributed by atoms with Crippen molar-refractivity contribution in [3.63, 3.8) is 0 Å². The Labute approximate surface area is 120 Å². The van der Waals surface area contributed by atoms with E-state index in [2.05, 4.69) is 19.2 Å². The molecule has 0 saturated carbocycles. The van der Waals surface area contributed by atoms with Gasteiger partial charge in [0, 0.05) is 6.54 Å². The lowest BCUT2D eigenvalue weighted by Gasteiger charge is -2.24. The fourth-order valence-corrected chi connectivity index (χ4v) is 1.86. The first-order chi connectivity index (χ1) is 9.21. The first kappa shape index (κ1) is 16.6. The quantitative estimate of drug-likeness (QED) is 0.842. The maximum Gasteiger partial charge on any atom is 0.254 e. The minimum absolute atomic E-state index is 0.00950. The van der Waals surface area contributed by atoms with Crippen molar-refractivity contribution in [1.82, 2.24) is 5.32 Å². The van der Waals surface area contributed by atoms with Gasteiger partial charge in [-0.2, -0.15) is 0 Å². The van der Waals surface area contributed by atoms with E-state index in [4.69, 9.17) is 0 Å². The molecule has 0 aromatic heterocycles. The Kier molecular flexibility index (Phi) is 5.69. The lowest BCUT2D eigenvalue weighted by molar-refractivity contribution is 0.0428. The van der Waals surface area contributed by atoms with Crippen molar-refractivity contribution in [3.8, 4) is 0 Å². The number of carbonyl (C=O) groups excluding carboxylic acids is 1. The number of hydrogen-bond donors (Lipinski definition) is 2. The summed E-state index contributed by atoms with van der Waals surface area (Å²) in [6.07, 6.45) is 1.48. The molecule has 1 aromatic carbocycles. The zero-order valence-electron chi connectivity index (χ0n) is 12.7. The third kappa shape index (κ3) is 5.29. The number of benzene rings is 1. The Balaban J connectivity index is 2.58. The number of amides is 1. The second-order valence-electron chi connectivity index (χ2n) is 6.10. The summed E-state index contributed by atoms with van der Waals surface area (Å²) >= 11 is 0. The van der Waals surface area contributed by atoms with E-state index in [0.717, 1.165) is 12.0 Å². The van der Waals surface area contributed by atoms with Gasteiger partial charge in [0.2, 0.25) is 0 Å². The maximum absolute atomic E-state index is 13.7. The van der Waals surface area contributed by atoms with Gasteiger partial charge in [0.1, 0.15) is 5.82 Å². The van der Waals surface area contributed by atoms with Crippen LogP contribution in [0.4, 0.5) is 4.39 Å². The standard InChI is InChI=1S/C16H24FNO2/c1-11(2)7-8-16(4,20)10-18-15(19)13-6-5-12(3)9-14(13)17/h5-6,9,11,20H,7-8,10H2,1-4H3,(H,18,19). The van der Waals surface area contributed by atoms with Gasteiger partial charge in [-0.25, -0.2) is 4.39 Å². The van der Waals surface area contributed by atoms with Crippen LogP contribution in [0.25, 0.3) is 0 Å². The van der Waals surface area contributed by atoms with Crippen molar-refractivity contribution >= 4 is 5.91 Å². The second kappa shape index (κ2) is 6.84. The maximum atomic E-state index is 13.7. The molecule has 1 unspecified atom stereocenters. The van der Waals surface area contributed by atoms with Crippen LogP contribution in [0, 0.1) is 18.7 Å². The van der Waals surface area contributed by atoms with Crippen molar-refractivity contribution in [1.29, 1.82) is 0 Å². The number of rotatable bonds is 6. The average molecular weight is 281 g/mol. The van der Waals surface area contributed by atoms with Gasteiger partial charge in [-0.15, -0.1) is 0 Å². The Morgan fingerprint density at radius 2 is 2.10 bits per heavy atom. The second-order valence-corrected chi connectivity index (χ2v) is 6.10. The van der Waals surface area contributed by atoms with E-state index in [1.165, 1.54) is 12.1 Å². The molecule has 0 aliphatic carbocycles. The van der Waals surface area contributed by atoms with E-state index in [9.17, 15) is 14.3 Å². The van der Waals surface area contributed by atoms with Crippen LogP contribution in [0.2, 0.25) is 0 Å². The van der Waals surface area contributed by atoms with Gasteiger partial charge >= 0.3 is 0 Å². The molecule has 20 heavy (non-hydrogen) atoms. The van der Waals surface area contributed by atoms with Gasteiger partial charge in [0.05, 0.1) is 11.2 Å². The van der Waals surface area contributed by atoms with Crippen LogP contribution in [0.5, 0.6) is 0 Å². The Morgan fingerprint density at radius 3 is 2.65 bits per heavy atom. The third-order valence-corrected chi connectivity index (χ3v) is 3.26. The number of nitrogens with one attached hydrogen (secondary N) is 1. The van der Waals surface area contributed by atoms with Crippen molar-refractivity contribution in [3.05, 3.63) is 35.1 Å². The number of hydrogen-bond acceptors (Lipinski definition) is 2. The van der Waals surface area contributed by atoms with E-state index in [-0.39, 0.29) is 12.1 Å². The fraction of sp³-hybridized carbons (Fsp3) is 0.562. The molecule has 3 nitrogen and oxygen atoms in total. The van der Waals surface area contributed by atoms with Gasteiger partial charge in [-0.1, -0.05) is 19.9 Å². The van der Waals surface area contributed by atoms with E-state index >= 15 is 0 Å². The number of carbonyl (C=O) groups is 1. The van der Waals surface area contributed by atoms with Crippen molar-refractivity contribution < 1.29 is 14.3 Å². The predicted molar refractivity (Wildman–Crippen MR) is 78.2 cm³/mol. The van der Waals surface area contributed by atoms with Gasteiger partial charge in [0.15, 0.2) is 0 Å². The summed E-state index contributed by atoms with van der Waals surface area (Å²) in [6.45, 7) is 7.72. The summed E-state index contributed by atoms with van der Waals surface area (Å²) in [5.74, 6) is -0.539. The van der Waals surface area contributed by atoms with Gasteiger partial charge in [-0.05, 0) is 50.3 Å². The largest absolute Gasteiger partial charge is 0.388 e. The van der Waals surface area contributed by atoms with Gasteiger partial charge in [0.25, 0.3) is 5.91 Å². The minimum Gasteiger partial charge on any atom is -0.388 e. The molecule has 0 saturated heterocycles. The molecule has 4 heteroatoms. The van der Waals surface area contributed by atoms with Crippen LogP contribution in [0.15, 0.2) is 18.2 Å². The molecule has 2 N–H and O–H groups in total. The summed E-state index contributed by atoms with van der Waals surface area (Å²) in [5, 5.41) is 12.8. The van der Waals surface area contributed by atoms with Crippen molar-refractivity contribution in [2.75, 3.05) is 6.54 Å². The van der Waals surface area contributed by atoms with Crippen LogP contribution >= 0.6 is 0 Å². The van der Waals surface area contributed by atoms with Gasteiger partial charge < -0.3 is 10.4 Å². The Hall–Kier alpha value is -1.42. The number of aliphatic hydroxyl groups is 1. The molecular weight excluding hydrogens is 257 g/mol. The topological polar surface area (TPSA) is 49.3 Å². The first-order valence-corrected chi connectivity index (χ1v) is 6.98. The average Bonchev–Trinajstić information content (AvgIpc) is 2.34. The summed E-state index contributed by atoms with van der Waals surface area (Å²) in [6, 6.07) is 4.48. The van der Waals surface area contributed by atoms with Crippen LogP contribution in [0.1, 0.15) is 49.5 Å². The molecule has 1 aromatic rings. The molecule has 0 aliphatic heterocycles. The minimum atomic E-state index is -0.971. The van der Waals surface area contributed by atoms with E-state index in [0.29, 0.717) is 12.3 Å². The highest BCUT2D eigenvalue weighted by Gasteiger charge is 2.22. The summed E-state index contributed by atoms with van der Waals surface area (Å²) in [5.41, 5.74) is -0.195. The van der Waals surface area contributed by atoms with Crippen molar-refractivity contribution in [2.45, 2.75) is 46.1 Å². The van der Waals surface area contributed by atoms with Crippen LogP contribution in [-0.2, 0) is 0 Å². The molecule has 1 rings (SSSR count). The van der Waals surface area contributed by atoms with Crippen molar-refractivity contribution in [2.24, 2.45) is 5.92 Å². The summed E-state index contributed by atoms with van der Waals surface area (Å²) in [4.78, 5) is 11.9. The summed E-state index contributed by atoms with van der Waals surface area (Å²) < 4.78 is 13.7. The Morgan fingerprint density at radius 1 is 1.45 bits per heavy atom. The lowest BCUT2D eigenvalue weighted by Crippen LogP contribution is -2.41. The molecule has 0 spiro atoms.